The molecule has 2 heterocycles. The summed E-state index contributed by atoms with van der Waals surface area (Å²) in [5.74, 6) is 1.83. The SMILES string of the molecule is CN=C(NCCCOCc1ccco1)N1CCC(OCCCOC)CC1. The normalized spacial score (nSPS) is 16.2. The number of nitrogens with zero attached hydrogens (tertiary/aromatic N) is 2. The smallest absolute Gasteiger partial charge is 0.193 e. The van der Waals surface area contributed by atoms with Crippen molar-refractivity contribution in [1.29, 1.82) is 0 Å². The average molecular weight is 367 g/mol. The second-order valence-electron chi connectivity index (χ2n) is 6.36. The van der Waals surface area contributed by atoms with Gasteiger partial charge in [-0.1, -0.05) is 0 Å². The van der Waals surface area contributed by atoms with Gasteiger partial charge in [0.1, 0.15) is 12.4 Å². The van der Waals surface area contributed by atoms with Gasteiger partial charge in [0.15, 0.2) is 5.96 Å². The van der Waals surface area contributed by atoms with Crippen LogP contribution in [0, 0.1) is 0 Å². The fourth-order valence-electron chi connectivity index (χ4n) is 2.96. The van der Waals surface area contributed by atoms with Crippen molar-refractivity contribution in [2.75, 3.05) is 53.6 Å². The number of methoxy groups -OCH3 is 1. The number of nitrogens with one attached hydrogen (secondary N) is 1. The lowest BCUT2D eigenvalue weighted by Crippen LogP contribution is -2.47. The number of aliphatic imine (C=N–C) groups is 1. The Morgan fingerprint density at radius 2 is 2.12 bits per heavy atom. The Hall–Kier alpha value is -1.57. The number of hydrogen-bond acceptors (Lipinski definition) is 5. The maximum atomic E-state index is 5.91. The van der Waals surface area contributed by atoms with E-state index in [1.54, 1.807) is 13.4 Å². The van der Waals surface area contributed by atoms with Crippen molar-refractivity contribution >= 4 is 5.96 Å². The first-order chi connectivity index (χ1) is 12.8. The monoisotopic (exact) mass is 367 g/mol. The second kappa shape index (κ2) is 12.7. The summed E-state index contributed by atoms with van der Waals surface area (Å²) in [5, 5.41) is 3.42. The minimum atomic E-state index is 0.358. The molecule has 0 atom stereocenters. The number of ether oxygens (including phenoxy) is 3. The third-order valence-corrected chi connectivity index (χ3v) is 4.37. The van der Waals surface area contributed by atoms with Crippen molar-refractivity contribution in [3.63, 3.8) is 0 Å². The highest BCUT2D eigenvalue weighted by Gasteiger charge is 2.21. The molecule has 1 aromatic rings. The van der Waals surface area contributed by atoms with E-state index in [0.717, 1.165) is 70.3 Å². The first-order valence-electron chi connectivity index (χ1n) is 9.49. The zero-order valence-electron chi connectivity index (χ0n) is 16.1. The van der Waals surface area contributed by atoms with Crippen LogP contribution in [0.1, 0.15) is 31.4 Å². The van der Waals surface area contributed by atoms with Crippen LogP contribution in [-0.2, 0) is 20.8 Å². The van der Waals surface area contributed by atoms with E-state index in [2.05, 4.69) is 15.2 Å². The topological polar surface area (TPSA) is 68.5 Å². The van der Waals surface area contributed by atoms with Crippen LogP contribution in [0.25, 0.3) is 0 Å². The van der Waals surface area contributed by atoms with Gasteiger partial charge in [-0.05, 0) is 37.8 Å². The molecule has 1 N–H and O–H groups in total. The van der Waals surface area contributed by atoms with E-state index in [0.29, 0.717) is 19.3 Å². The molecule has 7 nitrogen and oxygen atoms in total. The quantitative estimate of drug-likeness (QED) is 0.368. The lowest BCUT2D eigenvalue weighted by Gasteiger charge is -2.34. The van der Waals surface area contributed by atoms with Gasteiger partial charge in [0.05, 0.1) is 12.4 Å². The van der Waals surface area contributed by atoms with Crippen LogP contribution >= 0.6 is 0 Å². The zero-order valence-corrected chi connectivity index (χ0v) is 16.1. The Kier molecular flexibility index (Phi) is 10.2. The molecule has 0 bridgehead atoms. The number of guanidine groups is 1. The molecule has 0 radical (unpaired) electrons. The highest BCUT2D eigenvalue weighted by atomic mass is 16.5. The predicted octanol–water partition coefficient (Wildman–Crippen LogP) is 2.28. The Balaban J connectivity index is 1.53. The minimum Gasteiger partial charge on any atom is -0.467 e. The van der Waals surface area contributed by atoms with Gasteiger partial charge >= 0.3 is 0 Å². The fraction of sp³-hybridized carbons (Fsp3) is 0.737. The third kappa shape index (κ3) is 7.76. The lowest BCUT2D eigenvalue weighted by atomic mass is 10.1. The number of furan rings is 1. The Morgan fingerprint density at radius 1 is 1.27 bits per heavy atom. The van der Waals surface area contributed by atoms with E-state index in [1.807, 2.05) is 19.2 Å². The van der Waals surface area contributed by atoms with Crippen molar-refractivity contribution in [2.24, 2.45) is 4.99 Å². The van der Waals surface area contributed by atoms with E-state index in [-0.39, 0.29) is 0 Å². The Labute approximate surface area is 156 Å². The largest absolute Gasteiger partial charge is 0.467 e. The van der Waals surface area contributed by atoms with Crippen molar-refractivity contribution in [2.45, 2.75) is 38.4 Å². The Morgan fingerprint density at radius 3 is 2.81 bits per heavy atom. The molecule has 148 valence electrons. The molecular weight excluding hydrogens is 334 g/mol. The molecule has 0 saturated carbocycles. The molecule has 1 saturated heterocycles. The second-order valence-corrected chi connectivity index (χ2v) is 6.36. The van der Waals surface area contributed by atoms with Crippen molar-refractivity contribution in [1.82, 2.24) is 10.2 Å². The first-order valence-corrected chi connectivity index (χ1v) is 9.49. The van der Waals surface area contributed by atoms with Crippen molar-refractivity contribution in [3.05, 3.63) is 24.2 Å². The number of hydrogen-bond donors (Lipinski definition) is 1. The zero-order chi connectivity index (χ0) is 18.5. The van der Waals surface area contributed by atoms with Crippen LogP contribution in [0.2, 0.25) is 0 Å². The van der Waals surface area contributed by atoms with E-state index < -0.39 is 0 Å². The van der Waals surface area contributed by atoms with Gasteiger partial charge < -0.3 is 28.8 Å². The van der Waals surface area contributed by atoms with Crippen LogP contribution in [0.4, 0.5) is 0 Å². The summed E-state index contributed by atoms with van der Waals surface area (Å²) in [4.78, 5) is 6.70. The highest BCUT2D eigenvalue weighted by molar-refractivity contribution is 5.79. The maximum absolute atomic E-state index is 5.91. The van der Waals surface area contributed by atoms with Gasteiger partial charge in [0.2, 0.25) is 0 Å². The molecule has 26 heavy (non-hydrogen) atoms. The molecule has 1 aromatic heterocycles. The molecule has 2 rings (SSSR count). The average Bonchev–Trinajstić information content (AvgIpc) is 3.19. The molecule has 7 heteroatoms. The summed E-state index contributed by atoms with van der Waals surface area (Å²) in [6.45, 7) is 5.57. The minimum absolute atomic E-state index is 0.358. The van der Waals surface area contributed by atoms with Gasteiger partial charge in [-0.15, -0.1) is 0 Å². The van der Waals surface area contributed by atoms with E-state index >= 15 is 0 Å². The number of rotatable bonds is 11. The van der Waals surface area contributed by atoms with Crippen LogP contribution in [0.15, 0.2) is 27.8 Å². The molecule has 0 unspecified atom stereocenters. The summed E-state index contributed by atoms with van der Waals surface area (Å²) >= 11 is 0. The molecule has 1 aliphatic rings. The third-order valence-electron chi connectivity index (χ3n) is 4.37. The molecule has 1 aliphatic heterocycles. The standard InChI is InChI=1S/C19H33N3O4/c1-20-19(21-9-4-13-24-16-18-6-3-14-26-18)22-10-7-17(8-11-22)25-15-5-12-23-2/h3,6,14,17H,4-5,7-13,15-16H2,1-2H3,(H,20,21). The molecule has 1 fully saturated rings. The summed E-state index contributed by atoms with van der Waals surface area (Å²) in [5.41, 5.74) is 0. The number of likely N-dealkylation sites (tertiary alicyclic amines) is 1. The van der Waals surface area contributed by atoms with Gasteiger partial charge in [-0.3, -0.25) is 4.99 Å². The lowest BCUT2D eigenvalue weighted by molar-refractivity contribution is 0.00989. The first kappa shape index (κ1) is 20.7. The van der Waals surface area contributed by atoms with E-state index in [1.165, 1.54) is 0 Å². The van der Waals surface area contributed by atoms with Gasteiger partial charge in [0, 0.05) is 53.6 Å². The highest BCUT2D eigenvalue weighted by Crippen LogP contribution is 2.14. The molecule has 0 spiro atoms. The maximum Gasteiger partial charge on any atom is 0.193 e. The summed E-state index contributed by atoms with van der Waals surface area (Å²) in [6.07, 6.45) is 6.00. The van der Waals surface area contributed by atoms with Crippen LogP contribution in [0.3, 0.4) is 0 Å². The number of piperidine rings is 1. The van der Waals surface area contributed by atoms with Gasteiger partial charge in [0.25, 0.3) is 0 Å². The van der Waals surface area contributed by atoms with Crippen molar-refractivity contribution < 1.29 is 18.6 Å². The summed E-state index contributed by atoms with van der Waals surface area (Å²) in [7, 11) is 3.56. The van der Waals surface area contributed by atoms with Crippen LogP contribution in [0.5, 0.6) is 0 Å². The fourth-order valence-corrected chi connectivity index (χ4v) is 2.96. The van der Waals surface area contributed by atoms with E-state index in [4.69, 9.17) is 18.6 Å². The molecule has 0 amide bonds. The van der Waals surface area contributed by atoms with Crippen molar-refractivity contribution in [3.8, 4) is 0 Å². The molecular formula is C19H33N3O4. The molecule has 0 aliphatic carbocycles. The van der Waals surface area contributed by atoms with Crippen LogP contribution in [-0.4, -0.2) is 70.6 Å². The van der Waals surface area contributed by atoms with Crippen LogP contribution < -0.4 is 5.32 Å². The molecule has 0 aromatic carbocycles. The predicted molar refractivity (Wildman–Crippen MR) is 101 cm³/mol. The summed E-state index contributed by atoms with van der Waals surface area (Å²) < 4.78 is 21.8. The van der Waals surface area contributed by atoms with Gasteiger partial charge in [-0.2, -0.15) is 0 Å². The Bertz CT molecular complexity index is 485. The summed E-state index contributed by atoms with van der Waals surface area (Å²) in [6, 6.07) is 3.79. The van der Waals surface area contributed by atoms with Gasteiger partial charge in [-0.25, -0.2) is 0 Å². The van der Waals surface area contributed by atoms with E-state index in [9.17, 15) is 0 Å².